The van der Waals surface area contributed by atoms with Crippen LogP contribution < -0.4 is 0 Å². The monoisotopic (exact) mass is 330 g/mol. The summed E-state index contributed by atoms with van der Waals surface area (Å²) < 4.78 is 40.0. The number of rotatable bonds is 1. The third-order valence-electron chi connectivity index (χ3n) is 2.14. The van der Waals surface area contributed by atoms with Gasteiger partial charge in [0.05, 0.1) is 5.56 Å². The van der Waals surface area contributed by atoms with Crippen LogP contribution in [0.4, 0.5) is 13.2 Å². The molecule has 0 aliphatic carbocycles. The normalized spacial score (nSPS) is 12.7. The molecule has 0 aliphatic heterocycles. The van der Waals surface area contributed by atoms with E-state index in [0.29, 0.717) is 5.56 Å². The number of hydrogen-bond donors (Lipinski definition) is 0. The molecule has 3 nitrogen and oxygen atoms in total. The molecule has 1 aromatic carbocycles. The molecule has 2 aromatic rings. The summed E-state index contributed by atoms with van der Waals surface area (Å²) in [5.74, 6) is -0.220. The van der Waals surface area contributed by atoms with Gasteiger partial charge in [0.1, 0.15) is 0 Å². The Hall–Kier alpha value is -0.980. The van der Waals surface area contributed by atoms with Gasteiger partial charge in [-0.2, -0.15) is 18.2 Å². The minimum atomic E-state index is -4.40. The Balaban J connectivity index is 2.31. The first-order valence-electron chi connectivity index (χ1n) is 4.76. The first kappa shape index (κ1) is 14.4. The van der Waals surface area contributed by atoms with Gasteiger partial charge in [0.25, 0.3) is 9.68 Å². The maximum Gasteiger partial charge on any atom is 0.416 e. The Labute approximate surface area is 120 Å². The number of halogens is 6. The summed E-state index contributed by atoms with van der Waals surface area (Å²) in [6, 6.07) is 4.22. The van der Waals surface area contributed by atoms with E-state index in [1.165, 1.54) is 12.1 Å². The van der Waals surface area contributed by atoms with E-state index in [9.17, 15) is 13.2 Å². The minimum Gasteiger partial charge on any atom is -0.334 e. The van der Waals surface area contributed by atoms with Crippen molar-refractivity contribution in [3.63, 3.8) is 0 Å². The van der Waals surface area contributed by atoms with E-state index < -0.39 is 15.5 Å². The van der Waals surface area contributed by atoms with Gasteiger partial charge in [-0.25, -0.2) is 0 Å². The Morgan fingerprint density at radius 2 is 1.58 bits per heavy atom. The van der Waals surface area contributed by atoms with E-state index in [-0.39, 0.29) is 11.7 Å². The first-order chi connectivity index (χ1) is 8.68. The number of aromatic nitrogens is 2. The van der Waals surface area contributed by atoms with Crippen LogP contribution in [-0.2, 0) is 9.97 Å². The van der Waals surface area contributed by atoms with E-state index in [1.807, 2.05) is 0 Å². The lowest BCUT2D eigenvalue weighted by Gasteiger charge is -2.05. The van der Waals surface area contributed by atoms with Gasteiger partial charge in [-0.3, -0.25) is 0 Å². The van der Waals surface area contributed by atoms with Gasteiger partial charge < -0.3 is 4.52 Å². The SMILES string of the molecule is FC(F)(F)c1ccc(-c2noc(C(Cl)(Cl)Cl)n2)cc1. The molecule has 1 aromatic heterocycles. The Bertz CT molecular complexity index is 575. The van der Waals surface area contributed by atoms with Crippen LogP contribution in [0.5, 0.6) is 0 Å². The fourth-order valence-corrected chi connectivity index (χ4v) is 1.49. The molecule has 1 heterocycles. The fraction of sp³-hybridized carbons (Fsp3) is 0.200. The third kappa shape index (κ3) is 3.32. The Morgan fingerprint density at radius 3 is 2.00 bits per heavy atom. The Kier molecular flexibility index (Phi) is 3.68. The van der Waals surface area contributed by atoms with Crippen molar-refractivity contribution < 1.29 is 17.7 Å². The summed E-state index contributed by atoms with van der Waals surface area (Å²) >= 11 is 16.6. The van der Waals surface area contributed by atoms with E-state index in [4.69, 9.17) is 39.3 Å². The average molecular weight is 332 g/mol. The number of nitrogens with zero attached hydrogens (tertiary/aromatic N) is 2. The van der Waals surface area contributed by atoms with Gasteiger partial charge in [-0.1, -0.05) is 52.1 Å². The third-order valence-corrected chi connectivity index (χ3v) is 2.62. The van der Waals surface area contributed by atoms with Gasteiger partial charge >= 0.3 is 6.18 Å². The molecule has 0 aliphatic rings. The van der Waals surface area contributed by atoms with Crippen LogP contribution in [0, 0.1) is 0 Å². The maximum absolute atomic E-state index is 12.4. The summed E-state index contributed by atoms with van der Waals surface area (Å²) in [4.78, 5) is 3.79. The van der Waals surface area contributed by atoms with Crippen LogP contribution in [0.1, 0.15) is 11.5 Å². The Morgan fingerprint density at radius 1 is 1.00 bits per heavy atom. The molecule has 19 heavy (non-hydrogen) atoms. The molecule has 9 heteroatoms. The van der Waals surface area contributed by atoms with Gasteiger partial charge in [-0.15, -0.1) is 0 Å². The summed E-state index contributed by atoms with van der Waals surface area (Å²) in [5.41, 5.74) is -0.460. The highest BCUT2D eigenvalue weighted by molar-refractivity contribution is 6.66. The van der Waals surface area contributed by atoms with Crippen LogP contribution in [0.15, 0.2) is 28.8 Å². The van der Waals surface area contributed by atoms with Crippen molar-refractivity contribution in [3.05, 3.63) is 35.7 Å². The molecular weight excluding hydrogens is 327 g/mol. The molecule has 0 fully saturated rings. The van der Waals surface area contributed by atoms with Crippen LogP contribution in [0.25, 0.3) is 11.4 Å². The van der Waals surface area contributed by atoms with Crippen molar-refractivity contribution in [1.82, 2.24) is 10.1 Å². The van der Waals surface area contributed by atoms with Crippen LogP contribution in [0.2, 0.25) is 0 Å². The van der Waals surface area contributed by atoms with E-state index in [0.717, 1.165) is 12.1 Å². The van der Waals surface area contributed by atoms with Crippen molar-refractivity contribution in [2.24, 2.45) is 0 Å². The largest absolute Gasteiger partial charge is 0.416 e. The molecule has 2 rings (SSSR count). The zero-order valence-corrected chi connectivity index (χ0v) is 11.1. The van der Waals surface area contributed by atoms with E-state index in [2.05, 4.69) is 10.1 Å². The molecule has 0 amide bonds. The van der Waals surface area contributed by atoms with E-state index >= 15 is 0 Å². The minimum absolute atomic E-state index is 0.0371. The lowest BCUT2D eigenvalue weighted by atomic mass is 10.1. The average Bonchev–Trinajstić information content (AvgIpc) is 2.77. The van der Waals surface area contributed by atoms with Gasteiger partial charge in [0.2, 0.25) is 5.82 Å². The molecule has 102 valence electrons. The first-order valence-corrected chi connectivity index (χ1v) is 5.90. The molecule has 0 unspecified atom stereocenters. The zero-order valence-electron chi connectivity index (χ0n) is 8.88. The van der Waals surface area contributed by atoms with Crippen molar-refractivity contribution in [2.45, 2.75) is 9.97 Å². The fourth-order valence-electron chi connectivity index (χ4n) is 1.26. The highest BCUT2D eigenvalue weighted by Crippen LogP contribution is 2.38. The quantitative estimate of drug-likeness (QED) is 0.718. The number of alkyl halides is 6. The lowest BCUT2D eigenvalue weighted by molar-refractivity contribution is -0.137. The second kappa shape index (κ2) is 4.85. The molecule has 0 radical (unpaired) electrons. The zero-order chi connectivity index (χ0) is 14.3. The van der Waals surface area contributed by atoms with Crippen molar-refractivity contribution in [2.75, 3.05) is 0 Å². The van der Waals surface area contributed by atoms with Crippen molar-refractivity contribution in [3.8, 4) is 11.4 Å². The summed E-state index contributed by atoms with van der Waals surface area (Å²) in [6.07, 6.45) is -4.40. The molecule has 0 spiro atoms. The highest BCUT2D eigenvalue weighted by Gasteiger charge is 2.32. The van der Waals surface area contributed by atoms with Crippen LogP contribution in [0.3, 0.4) is 0 Å². The topological polar surface area (TPSA) is 38.9 Å². The predicted octanol–water partition coefficient (Wildman–Crippen LogP) is 4.58. The second-order valence-electron chi connectivity index (χ2n) is 3.50. The summed E-state index contributed by atoms with van der Waals surface area (Å²) in [5, 5.41) is 3.52. The lowest BCUT2D eigenvalue weighted by Crippen LogP contribution is -2.04. The molecule has 0 bridgehead atoms. The molecule has 0 atom stereocenters. The van der Waals surface area contributed by atoms with Crippen molar-refractivity contribution in [1.29, 1.82) is 0 Å². The van der Waals surface area contributed by atoms with Crippen LogP contribution in [-0.4, -0.2) is 10.1 Å². The predicted molar refractivity (Wildman–Crippen MR) is 64.0 cm³/mol. The van der Waals surface area contributed by atoms with Gasteiger partial charge in [0.15, 0.2) is 0 Å². The molecule has 0 saturated carbocycles. The number of benzene rings is 1. The standard InChI is InChI=1S/C10H4Cl3F3N2O/c11-9(12,13)8-17-7(18-19-8)5-1-3-6(4-2-5)10(14,15)16/h1-4H. The van der Waals surface area contributed by atoms with Crippen LogP contribution >= 0.6 is 34.8 Å². The van der Waals surface area contributed by atoms with Gasteiger partial charge in [0, 0.05) is 5.56 Å². The number of hydrogen-bond acceptors (Lipinski definition) is 3. The smallest absolute Gasteiger partial charge is 0.334 e. The second-order valence-corrected chi connectivity index (χ2v) is 5.78. The van der Waals surface area contributed by atoms with Gasteiger partial charge in [-0.05, 0) is 12.1 Å². The molecule has 0 saturated heterocycles. The van der Waals surface area contributed by atoms with E-state index in [1.54, 1.807) is 0 Å². The molecular formula is C10H4Cl3F3N2O. The molecule has 0 N–H and O–H groups in total. The summed E-state index contributed by atoms with van der Waals surface area (Å²) in [7, 11) is 0. The maximum atomic E-state index is 12.4. The summed E-state index contributed by atoms with van der Waals surface area (Å²) in [6.45, 7) is 0. The van der Waals surface area contributed by atoms with Crippen molar-refractivity contribution >= 4 is 34.8 Å². The highest BCUT2D eigenvalue weighted by atomic mass is 35.6.